The van der Waals surface area contributed by atoms with E-state index in [1.54, 1.807) is 7.11 Å². The van der Waals surface area contributed by atoms with Gasteiger partial charge in [-0.1, -0.05) is 0 Å². The highest BCUT2D eigenvalue weighted by molar-refractivity contribution is 4.84. The van der Waals surface area contributed by atoms with Gasteiger partial charge in [-0.2, -0.15) is 0 Å². The Kier molecular flexibility index (Phi) is 3.42. The molecule has 4 atom stereocenters. The summed E-state index contributed by atoms with van der Waals surface area (Å²) in [6.45, 7) is 0. The monoisotopic (exact) mass is 199 g/mol. The quantitative estimate of drug-likeness (QED) is 0.748. The molecule has 0 aliphatic heterocycles. The fourth-order valence-corrected chi connectivity index (χ4v) is 2.66. The van der Waals surface area contributed by atoms with Crippen LogP contribution in [0.1, 0.15) is 38.5 Å². The van der Waals surface area contributed by atoms with Crippen LogP contribution in [0.15, 0.2) is 0 Å². The molecule has 2 N–H and O–H groups in total. The predicted octanol–water partition coefficient (Wildman–Crippen LogP) is 1.45. The van der Waals surface area contributed by atoms with Crippen LogP contribution in [0, 0.1) is 0 Å². The molecule has 0 aromatic heterocycles. The summed E-state index contributed by atoms with van der Waals surface area (Å²) in [6, 6.07) is 0.363. The molecule has 0 amide bonds. The van der Waals surface area contributed by atoms with Crippen LogP contribution >= 0.6 is 0 Å². The lowest BCUT2D eigenvalue weighted by molar-refractivity contribution is -0.0724. The smallest absolute Gasteiger partial charge is 0.0840 e. The maximum absolute atomic E-state index is 6.04. The second-order valence-corrected chi connectivity index (χ2v) is 4.57. The summed E-state index contributed by atoms with van der Waals surface area (Å²) < 4.78 is 11.4. The Morgan fingerprint density at radius 2 is 1.86 bits per heavy atom. The van der Waals surface area contributed by atoms with Gasteiger partial charge < -0.3 is 15.2 Å². The van der Waals surface area contributed by atoms with Crippen LogP contribution in [0.5, 0.6) is 0 Å². The van der Waals surface area contributed by atoms with E-state index in [1.165, 1.54) is 6.42 Å². The average Bonchev–Trinajstić information content (AvgIpc) is 2.76. The van der Waals surface area contributed by atoms with Gasteiger partial charge in [0.15, 0.2) is 0 Å². The lowest BCUT2D eigenvalue weighted by atomic mass is 10.2. The van der Waals surface area contributed by atoms with Crippen molar-refractivity contribution >= 4 is 0 Å². The molecule has 2 aliphatic rings. The van der Waals surface area contributed by atoms with Crippen molar-refractivity contribution in [2.24, 2.45) is 5.73 Å². The SMILES string of the molecule is COC1CCCC1OC1CCC(N)C1. The summed E-state index contributed by atoms with van der Waals surface area (Å²) in [5.41, 5.74) is 5.86. The summed E-state index contributed by atoms with van der Waals surface area (Å²) in [5.74, 6) is 0. The molecule has 82 valence electrons. The summed E-state index contributed by atoms with van der Waals surface area (Å²) >= 11 is 0. The number of ether oxygens (including phenoxy) is 2. The Hall–Kier alpha value is -0.120. The first kappa shape index (κ1) is 10.4. The molecular formula is C11H21NO2. The fourth-order valence-electron chi connectivity index (χ4n) is 2.66. The van der Waals surface area contributed by atoms with E-state index in [4.69, 9.17) is 15.2 Å². The minimum atomic E-state index is 0.326. The Morgan fingerprint density at radius 1 is 1.07 bits per heavy atom. The van der Waals surface area contributed by atoms with Gasteiger partial charge in [0.25, 0.3) is 0 Å². The highest BCUT2D eigenvalue weighted by Gasteiger charge is 2.32. The van der Waals surface area contributed by atoms with E-state index in [2.05, 4.69) is 0 Å². The Labute approximate surface area is 85.9 Å². The Morgan fingerprint density at radius 3 is 2.50 bits per heavy atom. The van der Waals surface area contributed by atoms with Crippen LogP contribution in [-0.4, -0.2) is 31.5 Å². The highest BCUT2D eigenvalue weighted by Crippen LogP contribution is 2.29. The molecule has 14 heavy (non-hydrogen) atoms. The van der Waals surface area contributed by atoms with Crippen molar-refractivity contribution < 1.29 is 9.47 Å². The molecule has 0 heterocycles. The number of hydrogen-bond donors (Lipinski definition) is 1. The van der Waals surface area contributed by atoms with Crippen molar-refractivity contribution in [1.82, 2.24) is 0 Å². The normalized spacial score (nSPS) is 43.3. The fraction of sp³-hybridized carbons (Fsp3) is 1.00. The van der Waals surface area contributed by atoms with E-state index in [0.717, 1.165) is 32.1 Å². The van der Waals surface area contributed by atoms with Crippen LogP contribution in [0.4, 0.5) is 0 Å². The molecular weight excluding hydrogens is 178 g/mol. The van der Waals surface area contributed by atoms with Gasteiger partial charge in [-0.05, 0) is 38.5 Å². The van der Waals surface area contributed by atoms with E-state index < -0.39 is 0 Å². The number of rotatable bonds is 3. The Balaban J connectivity index is 1.79. The first-order valence-electron chi connectivity index (χ1n) is 5.73. The van der Waals surface area contributed by atoms with E-state index in [0.29, 0.717) is 24.4 Å². The molecule has 0 aromatic carbocycles. The van der Waals surface area contributed by atoms with E-state index in [-0.39, 0.29) is 0 Å². The summed E-state index contributed by atoms with van der Waals surface area (Å²) in [7, 11) is 1.78. The highest BCUT2D eigenvalue weighted by atomic mass is 16.5. The Bertz CT molecular complexity index is 186. The zero-order chi connectivity index (χ0) is 9.97. The van der Waals surface area contributed by atoms with E-state index in [1.807, 2.05) is 0 Å². The molecule has 3 heteroatoms. The van der Waals surface area contributed by atoms with Crippen molar-refractivity contribution in [2.45, 2.75) is 62.9 Å². The zero-order valence-electron chi connectivity index (χ0n) is 8.95. The van der Waals surface area contributed by atoms with Crippen molar-refractivity contribution in [3.05, 3.63) is 0 Å². The molecule has 0 aromatic rings. The molecule has 0 radical (unpaired) electrons. The van der Waals surface area contributed by atoms with Gasteiger partial charge in [-0.25, -0.2) is 0 Å². The molecule has 2 aliphatic carbocycles. The van der Waals surface area contributed by atoms with Crippen LogP contribution in [-0.2, 0) is 9.47 Å². The first-order chi connectivity index (χ1) is 6.79. The molecule has 2 saturated carbocycles. The zero-order valence-corrected chi connectivity index (χ0v) is 8.95. The van der Waals surface area contributed by atoms with Gasteiger partial charge in [0.05, 0.1) is 18.3 Å². The third-order valence-electron chi connectivity index (χ3n) is 3.49. The first-order valence-corrected chi connectivity index (χ1v) is 5.73. The second kappa shape index (κ2) is 4.60. The minimum Gasteiger partial charge on any atom is -0.379 e. The van der Waals surface area contributed by atoms with E-state index >= 15 is 0 Å². The summed E-state index contributed by atoms with van der Waals surface area (Å²) in [4.78, 5) is 0. The van der Waals surface area contributed by atoms with Crippen molar-refractivity contribution in [2.75, 3.05) is 7.11 Å². The lowest BCUT2D eigenvalue weighted by Gasteiger charge is -2.22. The second-order valence-electron chi connectivity index (χ2n) is 4.57. The molecule has 4 unspecified atom stereocenters. The van der Waals surface area contributed by atoms with Crippen molar-refractivity contribution in [3.63, 3.8) is 0 Å². The van der Waals surface area contributed by atoms with Crippen LogP contribution in [0.3, 0.4) is 0 Å². The van der Waals surface area contributed by atoms with Gasteiger partial charge in [0.2, 0.25) is 0 Å². The molecule has 0 bridgehead atoms. The third kappa shape index (κ3) is 2.27. The maximum Gasteiger partial charge on any atom is 0.0840 e. The topological polar surface area (TPSA) is 44.5 Å². The third-order valence-corrected chi connectivity index (χ3v) is 3.49. The van der Waals surface area contributed by atoms with Crippen LogP contribution < -0.4 is 5.73 Å². The average molecular weight is 199 g/mol. The minimum absolute atomic E-state index is 0.326. The molecule has 3 nitrogen and oxygen atoms in total. The van der Waals surface area contributed by atoms with Gasteiger partial charge >= 0.3 is 0 Å². The van der Waals surface area contributed by atoms with Crippen molar-refractivity contribution in [3.8, 4) is 0 Å². The standard InChI is InChI=1S/C11H21NO2/c1-13-10-3-2-4-11(10)14-9-6-5-8(12)7-9/h8-11H,2-7,12H2,1H3. The molecule has 2 rings (SSSR count). The molecule has 0 spiro atoms. The van der Waals surface area contributed by atoms with Gasteiger partial charge in [0, 0.05) is 13.2 Å². The number of nitrogens with two attached hydrogens (primary N) is 1. The molecule has 0 saturated heterocycles. The van der Waals surface area contributed by atoms with Crippen molar-refractivity contribution in [1.29, 1.82) is 0 Å². The maximum atomic E-state index is 6.04. The largest absolute Gasteiger partial charge is 0.379 e. The van der Waals surface area contributed by atoms with Gasteiger partial charge in [-0.3, -0.25) is 0 Å². The van der Waals surface area contributed by atoms with E-state index in [9.17, 15) is 0 Å². The van der Waals surface area contributed by atoms with Gasteiger partial charge in [0.1, 0.15) is 0 Å². The molecule has 2 fully saturated rings. The lowest BCUT2D eigenvalue weighted by Crippen LogP contribution is -2.29. The number of hydrogen-bond acceptors (Lipinski definition) is 3. The van der Waals surface area contributed by atoms with Crippen LogP contribution in [0.2, 0.25) is 0 Å². The van der Waals surface area contributed by atoms with Gasteiger partial charge in [-0.15, -0.1) is 0 Å². The number of methoxy groups -OCH3 is 1. The predicted molar refractivity (Wildman–Crippen MR) is 55.1 cm³/mol. The van der Waals surface area contributed by atoms with Crippen LogP contribution in [0.25, 0.3) is 0 Å². The summed E-state index contributed by atoms with van der Waals surface area (Å²) in [6.07, 6.45) is 7.88. The summed E-state index contributed by atoms with van der Waals surface area (Å²) in [5, 5.41) is 0.